The normalized spacial score (nSPS) is 18.2. The van der Waals surface area contributed by atoms with Gasteiger partial charge in [0.05, 0.1) is 19.5 Å². The van der Waals surface area contributed by atoms with E-state index < -0.39 is 9.17 Å². The van der Waals surface area contributed by atoms with E-state index in [1.807, 2.05) is 0 Å². The van der Waals surface area contributed by atoms with Crippen LogP contribution in [-0.4, -0.2) is 48.1 Å². The summed E-state index contributed by atoms with van der Waals surface area (Å²) in [5, 5.41) is 9.72. The standard InChI is InChI=1S/C16H24IN5O4/c17-16(7-23,8-25-6-11-4-2-1-3-5-11)26-10-22-9-19-12-13(22)20-15(18)21-14(12)24/h9,11,23H,1-8,10H2,(H3,18,20,21,24). The highest BCUT2D eigenvalue weighted by Gasteiger charge is 2.28. The molecule has 1 unspecified atom stereocenters. The number of nitrogens with zero attached hydrogens (tertiary/aromatic N) is 3. The number of aromatic nitrogens is 4. The average Bonchev–Trinajstić information content (AvgIpc) is 3.04. The van der Waals surface area contributed by atoms with Crippen LogP contribution in [0.25, 0.3) is 11.2 Å². The van der Waals surface area contributed by atoms with Crippen molar-refractivity contribution in [3.8, 4) is 0 Å². The van der Waals surface area contributed by atoms with Gasteiger partial charge in [-0.3, -0.25) is 14.3 Å². The smallest absolute Gasteiger partial charge is 0.280 e. The molecule has 0 bridgehead atoms. The Kier molecular flexibility index (Phi) is 6.48. The maximum atomic E-state index is 11.8. The molecule has 1 atom stereocenters. The zero-order valence-electron chi connectivity index (χ0n) is 14.5. The molecule has 2 aromatic heterocycles. The molecule has 0 radical (unpaired) electrons. The number of hydrogen-bond donors (Lipinski definition) is 3. The molecule has 144 valence electrons. The first-order chi connectivity index (χ1) is 12.5. The molecule has 2 aromatic rings. The van der Waals surface area contributed by atoms with Crippen LogP contribution in [0.15, 0.2) is 11.1 Å². The maximum absolute atomic E-state index is 11.8. The van der Waals surface area contributed by atoms with Crippen molar-refractivity contribution in [2.45, 2.75) is 42.4 Å². The lowest BCUT2D eigenvalue weighted by molar-refractivity contribution is -0.0831. The summed E-state index contributed by atoms with van der Waals surface area (Å²) in [4.78, 5) is 22.3. The molecule has 3 rings (SSSR count). The molecule has 0 aliphatic heterocycles. The van der Waals surface area contributed by atoms with Gasteiger partial charge in [-0.2, -0.15) is 4.98 Å². The van der Waals surface area contributed by atoms with E-state index in [1.54, 1.807) is 4.57 Å². The van der Waals surface area contributed by atoms with Crippen LogP contribution in [-0.2, 0) is 16.2 Å². The second kappa shape index (κ2) is 8.63. The molecule has 9 nitrogen and oxygen atoms in total. The number of ether oxygens (including phenoxy) is 2. The summed E-state index contributed by atoms with van der Waals surface area (Å²) in [5.41, 5.74) is 5.72. The van der Waals surface area contributed by atoms with Crippen molar-refractivity contribution in [3.05, 3.63) is 16.7 Å². The number of nitrogen functional groups attached to an aromatic ring is 1. The Morgan fingerprint density at radius 3 is 2.92 bits per heavy atom. The number of hydrogen-bond acceptors (Lipinski definition) is 7. The predicted molar refractivity (Wildman–Crippen MR) is 105 cm³/mol. The fourth-order valence-corrected chi connectivity index (χ4v) is 3.47. The minimum atomic E-state index is -0.879. The minimum Gasteiger partial charge on any atom is -0.392 e. The number of H-pyrrole nitrogens is 1. The number of aromatic amines is 1. The van der Waals surface area contributed by atoms with E-state index in [0.717, 1.165) is 0 Å². The van der Waals surface area contributed by atoms with Gasteiger partial charge < -0.3 is 20.3 Å². The van der Waals surface area contributed by atoms with Crippen LogP contribution in [0.5, 0.6) is 0 Å². The largest absolute Gasteiger partial charge is 0.392 e. The van der Waals surface area contributed by atoms with Crippen molar-refractivity contribution in [1.29, 1.82) is 0 Å². The molecular weight excluding hydrogens is 453 g/mol. The number of rotatable bonds is 8. The van der Waals surface area contributed by atoms with Crippen molar-refractivity contribution in [2.75, 3.05) is 25.6 Å². The fraction of sp³-hybridized carbons (Fsp3) is 0.688. The first kappa shape index (κ1) is 19.5. The Morgan fingerprint density at radius 1 is 1.42 bits per heavy atom. The molecule has 0 saturated heterocycles. The number of halogens is 1. The molecule has 10 heteroatoms. The van der Waals surface area contributed by atoms with Crippen LogP contribution in [0.4, 0.5) is 5.95 Å². The summed E-state index contributed by atoms with van der Waals surface area (Å²) in [7, 11) is 0. The lowest BCUT2D eigenvalue weighted by Crippen LogP contribution is -2.36. The van der Waals surface area contributed by atoms with Crippen molar-refractivity contribution >= 4 is 39.7 Å². The topological polar surface area (TPSA) is 128 Å². The average molecular weight is 477 g/mol. The Hall–Kier alpha value is -1.24. The Labute approximate surface area is 164 Å². The Morgan fingerprint density at radius 2 is 2.19 bits per heavy atom. The van der Waals surface area contributed by atoms with E-state index in [2.05, 4.69) is 37.5 Å². The van der Waals surface area contributed by atoms with Gasteiger partial charge >= 0.3 is 0 Å². The van der Waals surface area contributed by atoms with Gasteiger partial charge in [0.25, 0.3) is 5.56 Å². The third-order valence-electron chi connectivity index (χ3n) is 4.59. The van der Waals surface area contributed by atoms with Crippen molar-refractivity contribution in [3.63, 3.8) is 0 Å². The SMILES string of the molecule is Nc1nc2c(ncn2COC(I)(CO)COCC2CCCCC2)c(=O)[nH]1. The zero-order chi connectivity index (χ0) is 18.6. The second-order valence-electron chi connectivity index (χ2n) is 6.67. The van der Waals surface area contributed by atoms with Crippen LogP contribution in [0.2, 0.25) is 0 Å². The summed E-state index contributed by atoms with van der Waals surface area (Å²) < 4.78 is 12.4. The number of anilines is 1. The number of nitrogens with one attached hydrogen (secondary N) is 1. The second-order valence-corrected chi connectivity index (χ2v) is 8.64. The lowest BCUT2D eigenvalue weighted by Gasteiger charge is -2.28. The van der Waals surface area contributed by atoms with Crippen LogP contribution in [0.1, 0.15) is 32.1 Å². The molecule has 0 aromatic carbocycles. The summed E-state index contributed by atoms with van der Waals surface area (Å²) in [5.74, 6) is 0.613. The first-order valence-corrected chi connectivity index (χ1v) is 9.81. The molecule has 1 fully saturated rings. The van der Waals surface area contributed by atoms with E-state index in [4.69, 9.17) is 15.2 Å². The minimum absolute atomic E-state index is 0.0166. The number of imidazole rings is 1. The van der Waals surface area contributed by atoms with Gasteiger partial charge in [-0.15, -0.1) is 0 Å². The molecule has 1 saturated carbocycles. The van der Waals surface area contributed by atoms with Crippen LogP contribution in [0.3, 0.4) is 0 Å². The molecular formula is C16H24IN5O4. The van der Waals surface area contributed by atoms with E-state index in [1.165, 1.54) is 38.4 Å². The molecule has 1 aliphatic carbocycles. The van der Waals surface area contributed by atoms with Gasteiger partial charge in [0.15, 0.2) is 14.8 Å². The number of alkyl halides is 1. The lowest BCUT2D eigenvalue weighted by atomic mass is 9.90. The summed E-state index contributed by atoms with van der Waals surface area (Å²) >= 11 is 2.05. The fourth-order valence-electron chi connectivity index (χ4n) is 3.12. The van der Waals surface area contributed by atoms with Gasteiger partial charge in [-0.05, 0) is 41.4 Å². The highest BCUT2D eigenvalue weighted by Crippen LogP contribution is 2.26. The van der Waals surface area contributed by atoms with Gasteiger partial charge in [0, 0.05) is 6.61 Å². The maximum Gasteiger partial charge on any atom is 0.280 e. The van der Waals surface area contributed by atoms with Crippen molar-refractivity contribution in [1.82, 2.24) is 19.5 Å². The number of aliphatic hydroxyl groups is 1. The molecule has 0 spiro atoms. The highest BCUT2D eigenvalue weighted by atomic mass is 127. The molecule has 2 heterocycles. The van der Waals surface area contributed by atoms with E-state index in [-0.39, 0.29) is 31.4 Å². The molecule has 1 aliphatic rings. The number of aliphatic hydroxyl groups excluding tert-OH is 1. The Balaban J connectivity index is 1.58. The molecule has 0 amide bonds. The van der Waals surface area contributed by atoms with E-state index in [0.29, 0.717) is 18.2 Å². The third-order valence-corrected chi connectivity index (χ3v) is 5.55. The Bertz CT molecular complexity index is 789. The summed E-state index contributed by atoms with van der Waals surface area (Å²) in [6.45, 7) is 0.850. The van der Waals surface area contributed by atoms with Gasteiger partial charge in [-0.1, -0.05) is 19.3 Å². The summed E-state index contributed by atoms with van der Waals surface area (Å²) in [6.07, 6.45) is 7.72. The van der Waals surface area contributed by atoms with Crippen molar-refractivity contribution in [2.24, 2.45) is 5.92 Å². The summed E-state index contributed by atoms with van der Waals surface area (Å²) in [6, 6.07) is 0. The monoisotopic (exact) mass is 477 g/mol. The van der Waals surface area contributed by atoms with Crippen LogP contribution in [0, 0.1) is 5.92 Å². The quantitative estimate of drug-likeness (QED) is 0.387. The molecule has 26 heavy (non-hydrogen) atoms. The van der Waals surface area contributed by atoms with Crippen molar-refractivity contribution < 1.29 is 14.6 Å². The van der Waals surface area contributed by atoms with Gasteiger partial charge in [0.2, 0.25) is 5.95 Å². The van der Waals surface area contributed by atoms with E-state index >= 15 is 0 Å². The van der Waals surface area contributed by atoms with Gasteiger partial charge in [-0.25, -0.2) is 4.98 Å². The predicted octanol–water partition coefficient (Wildman–Crippen LogP) is 1.40. The first-order valence-electron chi connectivity index (χ1n) is 8.73. The highest BCUT2D eigenvalue weighted by molar-refractivity contribution is 14.1. The zero-order valence-corrected chi connectivity index (χ0v) is 16.6. The molecule has 4 N–H and O–H groups in total. The number of nitrogens with two attached hydrogens (primary N) is 1. The van der Waals surface area contributed by atoms with Crippen LogP contribution < -0.4 is 11.3 Å². The van der Waals surface area contributed by atoms with Gasteiger partial charge in [0.1, 0.15) is 6.73 Å². The van der Waals surface area contributed by atoms with Crippen LogP contribution >= 0.6 is 22.6 Å². The third kappa shape index (κ3) is 4.72. The number of fused-ring (bicyclic) bond motifs is 1. The van der Waals surface area contributed by atoms with E-state index in [9.17, 15) is 9.90 Å².